The Hall–Kier alpha value is -3.26. The number of Topliss-reactive ketones (excluding diaryl/α,β-unsaturated/α-hetero) is 1. The lowest BCUT2D eigenvalue weighted by atomic mass is 10.1. The van der Waals surface area contributed by atoms with Crippen LogP contribution in [0.1, 0.15) is 15.9 Å². The summed E-state index contributed by atoms with van der Waals surface area (Å²) >= 11 is 5.79. The van der Waals surface area contributed by atoms with Crippen molar-refractivity contribution < 1.29 is 19.4 Å². The maximum atomic E-state index is 12.3. The van der Waals surface area contributed by atoms with Crippen LogP contribution in [0.5, 0.6) is 5.75 Å². The van der Waals surface area contributed by atoms with Gasteiger partial charge in [-0.2, -0.15) is 0 Å². The third kappa shape index (κ3) is 2.70. The van der Waals surface area contributed by atoms with Crippen molar-refractivity contribution in [2.75, 3.05) is 0 Å². The number of hydrogen-bond donors (Lipinski definition) is 0. The topological polar surface area (TPSA) is 113 Å². The maximum Gasteiger partial charge on any atom is 0.313 e. The minimum atomic E-state index is -0.700. The Morgan fingerprint density at radius 3 is 2.50 bits per heavy atom. The molecular formula is C15H7ClN2O6. The van der Waals surface area contributed by atoms with Crippen LogP contribution in [0.25, 0.3) is 6.08 Å². The Balaban J connectivity index is 2.05. The summed E-state index contributed by atoms with van der Waals surface area (Å²) in [7, 11) is 0. The molecule has 0 fully saturated rings. The molecule has 1 aliphatic rings. The Kier molecular flexibility index (Phi) is 3.74. The third-order valence-electron chi connectivity index (χ3n) is 3.29. The van der Waals surface area contributed by atoms with Gasteiger partial charge in [0.25, 0.3) is 5.69 Å². The van der Waals surface area contributed by atoms with Crippen molar-refractivity contribution in [3.8, 4) is 5.75 Å². The summed E-state index contributed by atoms with van der Waals surface area (Å²) in [5.74, 6) is -0.941. The molecule has 0 unspecified atom stereocenters. The van der Waals surface area contributed by atoms with Crippen LogP contribution >= 0.6 is 11.6 Å². The fourth-order valence-corrected chi connectivity index (χ4v) is 2.47. The molecule has 24 heavy (non-hydrogen) atoms. The van der Waals surface area contributed by atoms with E-state index in [1.54, 1.807) is 6.07 Å². The number of ether oxygens (including phenoxy) is 1. The number of halogens is 1. The van der Waals surface area contributed by atoms with E-state index in [-0.39, 0.29) is 27.8 Å². The molecule has 3 rings (SSSR count). The van der Waals surface area contributed by atoms with E-state index in [0.717, 1.165) is 6.07 Å². The van der Waals surface area contributed by atoms with Gasteiger partial charge in [-0.05, 0) is 17.7 Å². The van der Waals surface area contributed by atoms with Gasteiger partial charge in [0.15, 0.2) is 5.76 Å². The molecule has 120 valence electrons. The first-order chi connectivity index (χ1) is 11.4. The molecule has 0 saturated carbocycles. The van der Waals surface area contributed by atoms with Crippen LogP contribution in [0.3, 0.4) is 0 Å². The molecule has 2 aromatic carbocycles. The number of hydrogen-bond acceptors (Lipinski definition) is 6. The third-order valence-corrected chi connectivity index (χ3v) is 3.51. The van der Waals surface area contributed by atoms with E-state index in [0.29, 0.717) is 5.56 Å². The van der Waals surface area contributed by atoms with E-state index < -0.39 is 21.3 Å². The second kappa shape index (κ2) is 5.74. The molecule has 0 N–H and O–H groups in total. The van der Waals surface area contributed by atoms with Gasteiger partial charge in [0.05, 0.1) is 15.4 Å². The zero-order valence-electron chi connectivity index (χ0n) is 11.8. The summed E-state index contributed by atoms with van der Waals surface area (Å²) in [6, 6.07) is 7.93. The summed E-state index contributed by atoms with van der Waals surface area (Å²) in [5, 5.41) is 21.9. The monoisotopic (exact) mass is 346 g/mol. The zero-order valence-corrected chi connectivity index (χ0v) is 12.5. The molecule has 0 aromatic heterocycles. The average molecular weight is 347 g/mol. The van der Waals surface area contributed by atoms with E-state index >= 15 is 0 Å². The van der Waals surface area contributed by atoms with Crippen LogP contribution in [0.2, 0.25) is 5.02 Å². The van der Waals surface area contributed by atoms with E-state index in [1.807, 2.05) is 0 Å². The SMILES string of the molecule is O=C1/C(=C/c2cccc([N+](=O)[O-])c2)Oc2c1cc(Cl)cc2[N+](=O)[O-]. The molecule has 8 nitrogen and oxygen atoms in total. The first-order valence-electron chi connectivity index (χ1n) is 6.53. The molecule has 2 aromatic rings. The predicted molar refractivity (Wildman–Crippen MR) is 84.1 cm³/mol. The Morgan fingerprint density at radius 1 is 1.08 bits per heavy atom. The summed E-state index contributed by atoms with van der Waals surface area (Å²) in [6.07, 6.45) is 1.28. The van der Waals surface area contributed by atoms with Gasteiger partial charge >= 0.3 is 5.69 Å². The zero-order chi connectivity index (χ0) is 17.4. The van der Waals surface area contributed by atoms with Crippen molar-refractivity contribution >= 4 is 34.8 Å². The predicted octanol–water partition coefficient (Wildman–Crippen LogP) is 3.77. The lowest BCUT2D eigenvalue weighted by Crippen LogP contribution is -1.98. The molecule has 9 heteroatoms. The molecular weight excluding hydrogens is 340 g/mol. The van der Waals surface area contributed by atoms with E-state index in [1.165, 1.54) is 30.3 Å². The van der Waals surface area contributed by atoms with Gasteiger partial charge in [0, 0.05) is 23.2 Å². The number of nitrogens with zero attached hydrogens (tertiary/aromatic N) is 2. The highest BCUT2D eigenvalue weighted by molar-refractivity contribution is 6.32. The van der Waals surface area contributed by atoms with Crippen molar-refractivity contribution in [1.82, 2.24) is 0 Å². The summed E-state index contributed by atoms with van der Waals surface area (Å²) in [4.78, 5) is 32.9. The van der Waals surface area contributed by atoms with Gasteiger partial charge in [-0.25, -0.2) is 0 Å². The number of allylic oxidation sites excluding steroid dienone is 1. The number of carbonyl (C=O) groups is 1. The van der Waals surface area contributed by atoms with Gasteiger partial charge in [-0.15, -0.1) is 0 Å². The van der Waals surface area contributed by atoms with Crippen molar-refractivity contribution in [1.29, 1.82) is 0 Å². The number of nitro benzene ring substituents is 2. The quantitative estimate of drug-likeness (QED) is 0.475. The van der Waals surface area contributed by atoms with Gasteiger partial charge < -0.3 is 4.74 Å². The molecule has 0 spiro atoms. The van der Waals surface area contributed by atoms with Crippen LogP contribution in [0.4, 0.5) is 11.4 Å². The highest BCUT2D eigenvalue weighted by Crippen LogP contribution is 2.41. The first-order valence-corrected chi connectivity index (χ1v) is 6.91. The molecule has 0 saturated heterocycles. The summed E-state index contributed by atoms with van der Waals surface area (Å²) in [6.45, 7) is 0. The van der Waals surface area contributed by atoms with Crippen molar-refractivity contribution in [2.24, 2.45) is 0 Å². The smallest absolute Gasteiger partial charge is 0.313 e. The second-order valence-corrected chi connectivity index (χ2v) is 5.29. The Morgan fingerprint density at radius 2 is 1.83 bits per heavy atom. The Labute approximate surface area is 139 Å². The highest BCUT2D eigenvalue weighted by Gasteiger charge is 2.34. The molecule has 0 amide bonds. The van der Waals surface area contributed by atoms with Crippen LogP contribution in [-0.2, 0) is 0 Å². The van der Waals surface area contributed by atoms with Gasteiger partial charge in [-0.3, -0.25) is 25.0 Å². The van der Waals surface area contributed by atoms with Crippen LogP contribution in [0, 0.1) is 20.2 Å². The minimum absolute atomic E-state index is 0.0223. The van der Waals surface area contributed by atoms with Gasteiger partial charge in [0.2, 0.25) is 11.5 Å². The fraction of sp³-hybridized carbons (Fsp3) is 0. The summed E-state index contributed by atoms with van der Waals surface area (Å²) < 4.78 is 5.31. The fourth-order valence-electron chi connectivity index (χ4n) is 2.25. The molecule has 0 aliphatic carbocycles. The first kappa shape index (κ1) is 15.6. The average Bonchev–Trinajstić information content (AvgIpc) is 2.83. The molecule has 1 aliphatic heterocycles. The Bertz CT molecular complexity index is 938. The van der Waals surface area contributed by atoms with Gasteiger partial charge in [0.1, 0.15) is 0 Å². The van der Waals surface area contributed by atoms with E-state index in [2.05, 4.69) is 0 Å². The lowest BCUT2D eigenvalue weighted by molar-refractivity contribution is -0.385. The summed E-state index contributed by atoms with van der Waals surface area (Å²) in [5.41, 5.74) is -0.241. The number of rotatable bonds is 3. The van der Waals surface area contributed by atoms with Crippen LogP contribution in [0.15, 0.2) is 42.2 Å². The van der Waals surface area contributed by atoms with Crippen LogP contribution < -0.4 is 4.74 Å². The highest BCUT2D eigenvalue weighted by atomic mass is 35.5. The number of benzene rings is 2. The number of ketones is 1. The normalized spacial score (nSPS) is 14.4. The number of non-ortho nitro benzene ring substituents is 1. The second-order valence-electron chi connectivity index (χ2n) is 4.85. The van der Waals surface area contributed by atoms with Crippen molar-refractivity contribution in [2.45, 2.75) is 0 Å². The minimum Gasteiger partial charge on any atom is -0.445 e. The number of fused-ring (bicyclic) bond motifs is 1. The van der Waals surface area contributed by atoms with Gasteiger partial charge in [-0.1, -0.05) is 23.7 Å². The number of nitro groups is 2. The maximum absolute atomic E-state index is 12.3. The van der Waals surface area contributed by atoms with Crippen molar-refractivity contribution in [3.63, 3.8) is 0 Å². The standard InChI is InChI=1S/C15H7ClN2O6/c16-9-6-11-14(19)13(24-15(11)12(7-9)18(22)23)5-8-2-1-3-10(4-8)17(20)21/h1-7H/b13-5-. The molecule has 0 radical (unpaired) electrons. The molecule has 0 atom stereocenters. The number of carbonyl (C=O) groups excluding carboxylic acids is 1. The van der Waals surface area contributed by atoms with E-state index in [4.69, 9.17) is 16.3 Å². The van der Waals surface area contributed by atoms with E-state index in [9.17, 15) is 25.0 Å². The largest absolute Gasteiger partial charge is 0.445 e. The lowest BCUT2D eigenvalue weighted by Gasteiger charge is -2.00. The van der Waals surface area contributed by atoms with Crippen molar-refractivity contribution in [3.05, 3.63) is 78.5 Å². The molecule has 0 bridgehead atoms. The molecule has 1 heterocycles. The van der Waals surface area contributed by atoms with Crippen LogP contribution in [-0.4, -0.2) is 15.6 Å².